The molecule has 0 atom stereocenters. The van der Waals surface area contributed by atoms with Gasteiger partial charge in [-0.1, -0.05) is 0 Å². The molecule has 150 valence electrons. The highest BCUT2D eigenvalue weighted by atomic mass is 19.1. The standard InChI is InChI=1S/C21H25F2N3O2/c1-4-26(14(2)3)17-8-6-16(7-9-17)25-20(27)11-12-24-21(28)18-10-5-15(22)13-19(18)23/h5-10,13-14H,4,11-12H2,1-3H3,(H,24,28)(H,25,27). The Hall–Kier alpha value is -2.96. The molecule has 5 nitrogen and oxygen atoms in total. The van der Waals surface area contributed by atoms with Crippen molar-refractivity contribution >= 4 is 23.2 Å². The Morgan fingerprint density at radius 2 is 1.75 bits per heavy atom. The molecule has 0 aromatic heterocycles. The molecule has 0 saturated carbocycles. The minimum atomic E-state index is -0.940. The molecule has 0 aliphatic heterocycles. The van der Waals surface area contributed by atoms with E-state index in [0.717, 1.165) is 24.4 Å². The summed E-state index contributed by atoms with van der Waals surface area (Å²) in [5.74, 6) is -2.66. The van der Waals surface area contributed by atoms with Crippen molar-refractivity contribution in [3.05, 3.63) is 59.7 Å². The number of carbonyl (C=O) groups excluding carboxylic acids is 2. The molecular weight excluding hydrogens is 364 g/mol. The van der Waals surface area contributed by atoms with Gasteiger partial charge in [0.15, 0.2) is 0 Å². The fraction of sp³-hybridized carbons (Fsp3) is 0.333. The molecule has 2 rings (SSSR count). The maximum Gasteiger partial charge on any atom is 0.254 e. The van der Waals surface area contributed by atoms with E-state index < -0.39 is 17.5 Å². The molecule has 0 fully saturated rings. The number of hydrogen-bond acceptors (Lipinski definition) is 3. The summed E-state index contributed by atoms with van der Waals surface area (Å²) >= 11 is 0. The molecule has 2 N–H and O–H groups in total. The van der Waals surface area contributed by atoms with Gasteiger partial charge >= 0.3 is 0 Å². The maximum absolute atomic E-state index is 13.6. The first-order chi connectivity index (χ1) is 13.3. The van der Waals surface area contributed by atoms with E-state index in [1.807, 2.05) is 24.3 Å². The Bertz CT molecular complexity index is 823. The Morgan fingerprint density at radius 3 is 2.32 bits per heavy atom. The van der Waals surface area contributed by atoms with E-state index >= 15 is 0 Å². The average Bonchev–Trinajstić information content (AvgIpc) is 2.63. The van der Waals surface area contributed by atoms with Gasteiger partial charge in [-0.15, -0.1) is 0 Å². The second-order valence-electron chi connectivity index (χ2n) is 6.60. The van der Waals surface area contributed by atoms with Crippen LogP contribution in [0.5, 0.6) is 0 Å². The van der Waals surface area contributed by atoms with Crippen molar-refractivity contribution in [2.75, 3.05) is 23.3 Å². The van der Waals surface area contributed by atoms with E-state index in [1.54, 1.807) is 0 Å². The molecule has 7 heteroatoms. The third kappa shape index (κ3) is 5.77. The molecule has 0 saturated heterocycles. The van der Waals surface area contributed by atoms with Crippen molar-refractivity contribution in [2.24, 2.45) is 0 Å². The number of nitrogens with one attached hydrogen (secondary N) is 2. The van der Waals surface area contributed by atoms with Crippen LogP contribution >= 0.6 is 0 Å². The number of rotatable bonds is 8. The van der Waals surface area contributed by atoms with Crippen LogP contribution in [0.15, 0.2) is 42.5 Å². The number of halogens is 2. The van der Waals surface area contributed by atoms with Crippen LogP contribution in [0.2, 0.25) is 0 Å². The van der Waals surface area contributed by atoms with E-state index in [2.05, 4.69) is 36.3 Å². The molecule has 2 amide bonds. The minimum Gasteiger partial charge on any atom is -0.369 e. The lowest BCUT2D eigenvalue weighted by atomic mass is 10.2. The molecule has 0 aliphatic carbocycles. The minimum absolute atomic E-state index is 0.0311. The van der Waals surface area contributed by atoms with Crippen LogP contribution in [0.1, 0.15) is 37.6 Å². The maximum atomic E-state index is 13.6. The first-order valence-electron chi connectivity index (χ1n) is 9.21. The molecular formula is C21H25F2N3O2. The first kappa shape index (κ1) is 21.3. The normalized spacial score (nSPS) is 10.6. The van der Waals surface area contributed by atoms with Gasteiger partial charge in [-0.25, -0.2) is 8.78 Å². The van der Waals surface area contributed by atoms with Gasteiger partial charge in [-0.3, -0.25) is 9.59 Å². The molecule has 2 aromatic rings. The topological polar surface area (TPSA) is 61.4 Å². The summed E-state index contributed by atoms with van der Waals surface area (Å²) in [5, 5.41) is 5.21. The van der Waals surface area contributed by atoms with E-state index in [4.69, 9.17) is 0 Å². The zero-order valence-corrected chi connectivity index (χ0v) is 16.3. The summed E-state index contributed by atoms with van der Waals surface area (Å²) in [6.45, 7) is 7.24. The van der Waals surface area contributed by atoms with Crippen LogP contribution in [0.4, 0.5) is 20.2 Å². The fourth-order valence-electron chi connectivity index (χ4n) is 2.86. The van der Waals surface area contributed by atoms with Gasteiger partial charge in [-0.05, 0) is 57.2 Å². The average molecular weight is 389 g/mol. The van der Waals surface area contributed by atoms with Crippen LogP contribution in [-0.2, 0) is 4.79 Å². The first-order valence-corrected chi connectivity index (χ1v) is 9.21. The monoisotopic (exact) mass is 389 g/mol. The van der Waals surface area contributed by atoms with Crippen LogP contribution < -0.4 is 15.5 Å². The summed E-state index contributed by atoms with van der Waals surface area (Å²) in [6, 6.07) is 10.6. The number of nitrogens with zero attached hydrogens (tertiary/aromatic N) is 1. The van der Waals surface area contributed by atoms with E-state index in [1.165, 1.54) is 0 Å². The highest BCUT2D eigenvalue weighted by molar-refractivity contribution is 5.95. The van der Waals surface area contributed by atoms with Crippen molar-refractivity contribution in [2.45, 2.75) is 33.2 Å². The van der Waals surface area contributed by atoms with E-state index in [-0.39, 0.29) is 24.4 Å². The third-order valence-corrected chi connectivity index (χ3v) is 4.26. The lowest BCUT2D eigenvalue weighted by Crippen LogP contribution is -2.30. The number of carbonyl (C=O) groups is 2. The fourth-order valence-corrected chi connectivity index (χ4v) is 2.86. The number of amides is 2. The molecule has 2 aromatic carbocycles. The Kier molecular flexibility index (Phi) is 7.49. The quantitative estimate of drug-likeness (QED) is 0.718. The van der Waals surface area contributed by atoms with Crippen LogP contribution in [-0.4, -0.2) is 30.9 Å². The predicted octanol–water partition coefficient (Wildman–Crippen LogP) is 3.96. The third-order valence-electron chi connectivity index (χ3n) is 4.26. The Morgan fingerprint density at radius 1 is 1.07 bits per heavy atom. The molecule has 0 heterocycles. The zero-order chi connectivity index (χ0) is 20.7. The molecule has 0 radical (unpaired) electrons. The molecule has 0 unspecified atom stereocenters. The van der Waals surface area contributed by atoms with Gasteiger partial charge in [0.1, 0.15) is 11.6 Å². The SMILES string of the molecule is CCN(c1ccc(NC(=O)CCNC(=O)c2ccc(F)cc2F)cc1)C(C)C. The number of hydrogen-bond donors (Lipinski definition) is 2. The van der Waals surface area contributed by atoms with Crippen LogP contribution in [0, 0.1) is 11.6 Å². The highest BCUT2D eigenvalue weighted by Crippen LogP contribution is 2.20. The Labute approximate surface area is 163 Å². The summed E-state index contributed by atoms with van der Waals surface area (Å²) in [7, 11) is 0. The second kappa shape index (κ2) is 9.82. The molecule has 28 heavy (non-hydrogen) atoms. The number of benzene rings is 2. The van der Waals surface area contributed by atoms with Gasteiger partial charge < -0.3 is 15.5 Å². The lowest BCUT2D eigenvalue weighted by Gasteiger charge is -2.27. The van der Waals surface area contributed by atoms with Crippen molar-refractivity contribution < 1.29 is 18.4 Å². The van der Waals surface area contributed by atoms with Gasteiger partial charge in [0, 0.05) is 43.0 Å². The summed E-state index contributed by atoms with van der Waals surface area (Å²) in [5.41, 5.74) is 1.47. The summed E-state index contributed by atoms with van der Waals surface area (Å²) in [4.78, 5) is 26.2. The molecule has 0 spiro atoms. The van der Waals surface area contributed by atoms with Crippen molar-refractivity contribution in [3.8, 4) is 0 Å². The van der Waals surface area contributed by atoms with Crippen molar-refractivity contribution in [3.63, 3.8) is 0 Å². The number of anilines is 2. The van der Waals surface area contributed by atoms with Gasteiger partial charge in [0.25, 0.3) is 5.91 Å². The molecule has 0 bridgehead atoms. The highest BCUT2D eigenvalue weighted by Gasteiger charge is 2.13. The van der Waals surface area contributed by atoms with Crippen LogP contribution in [0.25, 0.3) is 0 Å². The smallest absolute Gasteiger partial charge is 0.254 e. The Balaban J connectivity index is 1.83. The van der Waals surface area contributed by atoms with Gasteiger partial charge in [-0.2, -0.15) is 0 Å². The van der Waals surface area contributed by atoms with Gasteiger partial charge in [0.2, 0.25) is 5.91 Å². The lowest BCUT2D eigenvalue weighted by molar-refractivity contribution is -0.116. The second-order valence-corrected chi connectivity index (χ2v) is 6.60. The molecule has 0 aliphatic rings. The summed E-state index contributed by atoms with van der Waals surface area (Å²) in [6.07, 6.45) is 0.0311. The van der Waals surface area contributed by atoms with Crippen molar-refractivity contribution in [1.29, 1.82) is 0 Å². The van der Waals surface area contributed by atoms with Crippen LogP contribution in [0.3, 0.4) is 0 Å². The van der Waals surface area contributed by atoms with E-state index in [0.29, 0.717) is 17.8 Å². The zero-order valence-electron chi connectivity index (χ0n) is 16.3. The largest absolute Gasteiger partial charge is 0.369 e. The van der Waals surface area contributed by atoms with Gasteiger partial charge in [0.05, 0.1) is 5.56 Å². The summed E-state index contributed by atoms with van der Waals surface area (Å²) < 4.78 is 26.4. The predicted molar refractivity (Wildman–Crippen MR) is 107 cm³/mol. The van der Waals surface area contributed by atoms with E-state index in [9.17, 15) is 18.4 Å². The van der Waals surface area contributed by atoms with Crippen molar-refractivity contribution in [1.82, 2.24) is 5.32 Å².